The van der Waals surface area contributed by atoms with Crippen molar-refractivity contribution in [1.82, 2.24) is 10.2 Å². The lowest BCUT2D eigenvalue weighted by Crippen LogP contribution is -2.47. The second kappa shape index (κ2) is 11.2. The Morgan fingerprint density at radius 1 is 1.00 bits per heavy atom. The van der Waals surface area contributed by atoms with Gasteiger partial charge in [0.05, 0.1) is 0 Å². The van der Waals surface area contributed by atoms with E-state index in [0.717, 1.165) is 57.3 Å². The van der Waals surface area contributed by atoms with E-state index in [1.165, 1.54) is 11.3 Å². The van der Waals surface area contributed by atoms with Gasteiger partial charge >= 0.3 is 0 Å². The van der Waals surface area contributed by atoms with Gasteiger partial charge in [-0.15, -0.1) is 24.0 Å². The molecule has 2 aliphatic rings. The minimum atomic E-state index is 0. The molecule has 0 aliphatic carbocycles. The average Bonchev–Trinajstić information content (AvgIpc) is 3.31. The predicted octanol–water partition coefficient (Wildman–Crippen LogP) is 4.30. The number of piperidine rings is 1. The van der Waals surface area contributed by atoms with Gasteiger partial charge in [-0.1, -0.05) is 42.5 Å². The summed E-state index contributed by atoms with van der Waals surface area (Å²) in [4.78, 5) is 9.18. The van der Waals surface area contributed by atoms with Crippen LogP contribution in [0.2, 0.25) is 0 Å². The van der Waals surface area contributed by atoms with Crippen LogP contribution >= 0.6 is 24.0 Å². The molecule has 5 nitrogen and oxygen atoms in total. The molecule has 0 aromatic heterocycles. The van der Waals surface area contributed by atoms with Crippen molar-refractivity contribution in [3.05, 3.63) is 72.3 Å². The molecule has 0 amide bonds. The number of hydrogen-bond acceptors (Lipinski definition) is 3. The van der Waals surface area contributed by atoms with Crippen molar-refractivity contribution in [3.63, 3.8) is 0 Å². The molecule has 2 aromatic carbocycles. The summed E-state index contributed by atoms with van der Waals surface area (Å²) < 4.78 is 6.10. The van der Waals surface area contributed by atoms with E-state index in [9.17, 15) is 0 Å². The first kappa shape index (κ1) is 22.5. The van der Waals surface area contributed by atoms with Gasteiger partial charge in [0.15, 0.2) is 5.96 Å². The van der Waals surface area contributed by atoms with Gasteiger partial charge in [-0.05, 0) is 29.8 Å². The van der Waals surface area contributed by atoms with E-state index >= 15 is 0 Å². The third-order valence-electron chi connectivity index (χ3n) is 5.57. The second-order valence-corrected chi connectivity index (χ2v) is 7.56. The number of likely N-dealkylation sites (tertiary alicyclic amines) is 1. The fourth-order valence-corrected chi connectivity index (χ4v) is 3.90. The van der Waals surface area contributed by atoms with Crippen LogP contribution in [0.5, 0.6) is 5.75 Å². The summed E-state index contributed by atoms with van der Waals surface area (Å²) in [5, 5.41) is 3.52. The minimum absolute atomic E-state index is 0. The predicted molar refractivity (Wildman–Crippen MR) is 135 cm³/mol. The zero-order chi connectivity index (χ0) is 19.9. The number of nitrogens with one attached hydrogen (secondary N) is 1. The number of halogens is 1. The highest BCUT2D eigenvalue weighted by Crippen LogP contribution is 2.19. The average molecular weight is 518 g/mol. The largest absolute Gasteiger partial charge is 0.490 e. The van der Waals surface area contributed by atoms with Crippen LogP contribution in [-0.2, 0) is 6.54 Å². The molecule has 2 aromatic rings. The molecular weight excluding hydrogens is 487 g/mol. The first-order valence-corrected chi connectivity index (χ1v) is 10.5. The molecule has 0 bridgehead atoms. The van der Waals surface area contributed by atoms with Crippen molar-refractivity contribution in [2.24, 2.45) is 4.99 Å². The molecule has 30 heavy (non-hydrogen) atoms. The molecule has 0 atom stereocenters. The van der Waals surface area contributed by atoms with E-state index in [0.29, 0.717) is 0 Å². The van der Waals surface area contributed by atoms with Crippen LogP contribution in [0, 0.1) is 0 Å². The number of hydrogen-bond donors (Lipinski definition) is 1. The first-order valence-electron chi connectivity index (χ1n) is 10.5. The van der Waals surface area contributed by atoms with E-state index in [1.54, 1.807) is 0 Å². The zero-order valence-corrected chi connectivity index (χ0v) is 19.9. The smallest absolute Gasteiger partial charge is 0.193 e. The molecule has 0 unspecified atom stereocenters. The molecule has 2 aliphatic heterocycles. The van der Waals surface area contributed by atoms with Gasteiger partial charge in [-0.25, -0.2) is 0 Å². The maximum absolute atomic E-state index is 6.10. The second-order valence-electron chi connectivity index (χ2n) is 7.56. The maximum atomic E-state index is 6.10. The van der Waals surface area contributed by atoms with Crippen molar-refractivity contribution < 1.29 is 4.74 Å². The van der Waals surface area contributed by atoms with Crippen molar-refractivity contribution in [3.8, 4) is 5.75 Å². The number of guanidine groups is 1. The lowest BCUT2D eigenvalue weighted by Gasteiger charge is -2.34. The van der Waals surface area contributed by atoms with Crippen LogP contribution in [0.15, 0.2) is 71.7 Å². The van der Waals surface area contributed by atoms with Crippen LogP contribution in [-0.4, -0.2) is 50.2 Å². The first-order chi connectivity index (χ1) is 14.3. The van der Waals surface area contributed by atoms with Crippen LogP contribution < -0.4 is 15.0 Å². The number of ether oxygens (including phenoxy) is 1. The van der Waals surface area contributed by atoms with Gasteiger partial charge in [-0.3, -0.25) is 4.99 Å². The molecule has 0 spiro atoms. The Labute approximate surface area is 196 Å². The number of anilines is 1. The summed E-state index contributed by atoms with van der Waals surface area (Å²) >= 11 is 0. The number of rotatable bonds is 5. The van der Waals surface area contributed by atoms with E-state index in [-0.39, 0.29) is 30.1 Å². The van der Waals surface area contributed by atoms with Gasteiger partial charge in [0, 0.05) is 58.3 Å². The fourth-order valence-electron chi connectivity index (χ4n) is 3.90. The SMILES string of the molecule is CN=C(NCc1ccc(N2CC=CC2)cc1)N1CCC(Oc2ccccc2)CC1.I. The molecule has 0 saturated carbocycles. The van der Waals surface area contributed by atoms with Gasteiger partial charge in [0.2, 0.25) is 0 Å². The third-order valence-corrected chi connectivity index (χ3v) is 5.57. The molecule has 160 valence electrons. The molecule has 1 N–H and O–H groups in total. The Bertz CT molecular complexity index is 822. The Balaban J connectivity index is 0.00000256. The van der Waals surface area contributed by atoms with Crippen molar-refractivity contribution in [2.75, 3.05) is 38.1 Å². The fraction of sp³-hybridized carbons (Fsp3) is 0.375. The van der Waals surface area contributed by atoms with Crippen LogP contribution in [0.1, 0.15) is 18.4 Å². The van der Waals surface area contributed by atoms with Gasteiger partial charge in [0.1, 0.15) is 11.9 Å². The maximum Gasteiger partial charge on any atom is 0.193 e. The molecule has 1 fully saturated rings. The summed E-state index contributed by atoms with van der Waals surface area (Å²) in [6.45, 7) is 4.71. The third kappa shape index (κ3) is 5.90. The summed E-state index contributed by atoms with van der Waals surface area (Å²) in [5.41, 5.74) is 2.55. The summed E-state index contributed by atoms with van der Waals surface area (Å²) in [6.07, 6.45) is 6.72. The zero-order valence-electron chi connectivity index (χ0n) is 17.5. The quantitative estimate of drug-likeness (QED) is 0.278. The minimum Gasteiger partial charge on any atom is -0.490 e. The van der Waals surface area contributed by atoms with Crippen LogP contribution in [0.3, 0.4) is 0 Å². The van der Waals surface area contributed by atoms with Crippen molar-refractivity contribution in [2.45, 2.75) is 25.5 Å². The van der Waals surface area contributed by atoms with E-state index in [1.807, 2.05) is 37.4 Å². The highest BCUT2D eigenvalue weighted by molar-refractivity contribution is 14.0. The Kier molecular flexibility index (Phi) is 8.42. The summed E-state index contributed by atoms with van der Waals surface area (Å²) in [5.74, 6) is 1.93. The lowest BCUT2D eigenvalue weighted by molar-refractivity contribution is 0.129. The summed E-state index contributed by atoms with van der Waals surface area (Å²) in [7, 11) is 1.86. The monoisotopic (exact) mass is 518 g/mol. The Morgan fingerprint density at radius 3 is 2.30 bits per heavy atom. The number of benzene rings is 2. The van der Waals surface area contributed by atoms with Crippen LogP contribution in [0.25, 0.3) is 0 Å². The molecule has 0 radical (unpaired) electrons. The highest BCUT2D eigenvalue weighted by atomic mass is 127. The Morgan fingerprint density at radius 2 is 1.67 bits per heavy atom. The van der Waals surface area contributed by atoms with Crippen molar-refractivity contribution >= 4 is 35.6 Å². The highest BCUT2D eigenvalue weighted by Gasteiger charge is 2.22. The molecule has 2 heterocycles. The Hall–Kier alpha value is -2.22. The number of aliphatic imine (C=N–C) groups is 1. The van der Waals surface area contributed by atoms with Gasteiger partial charge < -0.3 is 19.9 Å². The number of nitrogens with zero attached hydrogens (tertiary/aromatic N) is 3. The molecule has 1 saturated heterocycles. The lowest BCUT2D eigenvalue weighted by atomic mass is 10.1. The van der Waals surface area contributed by atoms with Crippen LogP contribution in [0.4, 0.5) is 5.69 Å². The van der Waals surface area contributed by atoms with Crippen molar-refractivity contribution in [1.29, 1.82) is 0 Å². The molecular formula is C24H31IN4O. The molecule has 4 rings (SSSR count). The topological polar surface area (TPSA) is 40.1 Å². The number of para-hydroxylation sites is 1. The van der Waals surface area contributed by atoms with E-state index in [4.69, 9.17) is 4.74 Å². The van der Waals surface area contributed by atoms with E-state index < -0.39 is 0 Å². The standard InChI is InChI=1S/C24H30N4O.HI/c1-25-24(26-19-20-9-11-21(12-10-20)27-15-5-6-16-27)28-17-13-23(14-18-28)29-22-7-3-2-4-8-22;/h2-12,23H,13-19H2,1H3,(H,25,26);1H. The normalized spacial score (nSPS) is 17.0. The van der Waals surface area contributed by atoms with Gasteiger partial charge in [0.25, 0.3) is 0 Å². The summed E-state index contributed by atoms with van der Waals surface area (Å²) in [6, 6.07) is 18.9. The molecule has 6 heteroatoms. The van der Waals surface area contributed by atoms with E-state index in [2.05, 4.69) is 56.5 Å². The van der Waals surface area contributed by atoms with Gasteiger partial charge in [-0.2, -0.15) is 0 Å².